The third-order valence-corrected chi connectivity index (χ3v) is 4.20. The quantitative estimate of drug-likeness (QED) is 0.603. The molecule has 0 radical (unpaired) electrons. The topological polar surface area (TPSA) is 26.3 Å². The van der Waals surface area contributed by atoms with E-state index in [2.05, 4.69) is 6.92 Å². The highest BCUT2D eigenvalue weighted by molar-refractivity contribution is 5.77. The van der Waals surface area contributed by atoms with Gasteiger partial charge in [-0.15, -0.1) is 0 Å². The Balaban J connectivity index is 2.23. The van der Waals surface area contributed by atoms with Gasteiger partial charge in [0, 0.05) is 0 Å². The van der Waals surface area contributed by atoms with Crippen molar-refractivity contribution in [2.24, 2.45) is 17.3 Å². The van der Waals surface area contributed by atoms with Crippen LogP contribution < -0.4 is 0 Å². The molecule has 0 N–H and O–H groups in total. The third kappa shape index (κ3) is 1.35. The third-order valence-electron chi connectivity index (χ3n) is 4.20. The summed E-state index contributed by atoms with van der Waals surface area (Å²) in [5.41, 5.74) is -0.0909. The molecule has 2 fully saturated rings. The van der Waals surface area contributed by atoms with Crippen LogP contribution in [0.4, 0.5) is 0 Å². The van der Waals surface area contributed by atoms with Crippen LogP contribution in [0.2, 0.25) is 0 Å². The summed E-state index contributed by atoms with van der Waals surface area (Å²) in [5.74, 6) is 1.38. The molecular weight excluding hydrogens is 176 g/mol. The smallest absolute Gasteiger partial charge is 0.312 e. The zero-order valence-corrected chi connectivity index (χ0v) is 9.21. The SMILES string of the molecule is COC(=O)[C@]12CCCC[C@H]1C[C@@H](C)C2. The molecule has 3 atom stereocenters. The molecule has 0 unspecified atom stereocenters. The summed E-state index contributed by atoms with van der Waals surface area (Å²) in [4.78, 5) is 11.9. The molecule has 2 aliphatic carbocycles. The van der Waals surface area contributed by atoms with E-state index in [4.69, 9.17) is 4.74 Å². The molecule has 2 heteroatoms. The molecule has 14 heavy (non-hydrogen) atoms. The molecule has 80 valence electrons. The van der Waals surface area contributed by atoms with Gasteiger partial charge in [-0.05, 0) is 37.5 Å². The van der Waals surface area contributed by atoms with E-state index in [0.717, 1.165) is 12.8 Å². The first-order chi connectivity index (χ1) is 6.69. The zero-order chi connectivity index (χ0) is 10.2. The summed E-state index contributed by atoms with van der Waals surface area (Å²) in [6, 6.07) is 0. The number of methoxy groups -OCH3 is 1. The molecule has 0 heterocycles. The maximum atomic E-state index is 11.9. The summed E-state index contributed by atoms with van der Waals surface area (Å²) in [7, 11) is 1.53. The van der Waals surface area contributed by atoms with Gasteiger partial charge in [0.1, 0.15) is 0 Å². The van der Waals surface area contributed by atoms with Crippen LogP contribution in [0.5, 0.6) is 0 Å². The van der Waals surface area contributed by atoms with Gasteiger partial charge in [-0.2, -0.15) is 0 Å². The lowest BCUT2D eigenvalue weighted by Gasteiger charge is -2.36. The summed E-state index contributed by atoms with van der Waals surface area (Å²) in [6.45, 7) is 2.27. The van der Waals surface area contributed by atoms with Crippen molar-refractivity contribution in [1.82, 2.24) is 0 Å². The number of ether oxygens (including phenoxy) is 1. The maximum Gasteiger partial charge on any atom is 0.312 e. The second-order valence-electron chi connectivity index (χ2n) is 5.14. The Morgan fingerprint density at radius 1 is 1.43 bits per heavy atom. The average Bonchev–Trinajstić information content (AvgIpc) is 2.53. The number of esters is 1. The van der Waals surface area contributed by atoms with Crippen LogP contribution in [-0.2, 0) is 9.53 Å². The second-order valence-corrected chi connectivity index (χ2v) is 5.14. The van der Waals surface area contributed by atoms with Crippen LogP contribution in [0.25, 0.3) is 0 Å². The first-order valence-corrected chi connectivity index (χ1v) is 5.77. The van der Waals surface area contributed by atoms with E-state index in [0.29, 0.717) is 11.8 Å². The Kier molecular flexibility index (Phi) is 2.54. The Hall–Kier alpha value is -0.530. The predicted molar refractivity (Wildman–Crippen MR) is 54.8 cm³/mol. The Morgan fingerprint density at radius 2 is 2.21 bits per heavy atom. The number of hydrogen-bond donors (Lipinski definition) is 0. The van der Waals surface area contributed by atoms with Crippen molar-refractivity contribution < 1.29 is 9.53 Å². The summed E-state index contributed by atoms with van der Waals surface area (Å²) in [6.07, 6.45) is 7.10. The van der Waals surface area contributed by atoms with Gasteiger partial charge in [-0.3, -0.25) is 4.79 Å². The Morgan fingerprint density at radius 3 is 2.93 bits per heavy atom. The molecule has 2 rings (SSSR count). The van der Waals surface area contributed by atoms with E-state index in [1.807, 2.05) is 0 Å². The maximum absolute atomic E-state index is 11.9. The monoisotopic (exact) mass is 196 g/mol. The lowest BCUT2D eigenvalue weighted by atomic mass is 9.68. The first kappa shape index (κ1) is 10.0. The number of rotatable bonds is 1. The van der Waals surface area contributed by atoms with E-state index in [1.165, 1.54) is 32.8 Å². The molecular formula is C12H20O2. The fourth-order valence-electron chi connectivity index (χ4n) is 3.67. The van der Waals surface area contributed by atoms with Gasteiger partial charge in [0.15, 0.2) is 0 Å². The molecule has 0 saturated heterocycles. The van der Waals surface area contributed by atoms with Crippen LogP contribution in [-0.4, -0.2) is 13.1 Å². The minimum absolute atomic E-state index is 0.0616. The number of carbonyl (C=O) groups is 1. The predicted octanol–water partition coefficient (Wildman–Crippen LogP) is 2.77. The molecule has 0 aliphatic heterocycles. The van der Waals surface area contributed by atoms with Crippen molar-refractivity contribution in [2.45, 2.75) is 45.4 Å². The number of fused-ring (bicyclic) bond motifs is 1. The molecule has 2 saturated carbocycles. The molecule has 2 aliphatic rings. The standard InChI is InChI=1S/C12H20O2/c1-9-7-10-5-3-4-6-12(10,8-9)11(13)14-2/h9-10H,3-8H2,1-2H3/t9-,10+,12+/m1/s1. The minimum Gasteiger partial charge on any atom is -0.469 e. The van der Waals surface area contributed by atoms with Crippen molar-refractivity contribution >= 4 is 5.97 Å². The van der Waals surface area contributed by atoms with Crippen LogP contribution in [0.15, 0.2) is 0 Å². The van der Waals surface area contributed by atoms with E-state index in [9.17, 15) is 4.79 Å². The lowest BCUT2D eigenvalue weighted by molar-refractivity contribution is -0.157. The van der Waals surface area contributed by atoms with Crippen molar-refractivity contribution in [3.05, 3.63) is 0 Å². The van der Waals surface area contributed by atoms with E-state index in [-0.39, 0.29) is 11.4 Å². The van der Waals surface area contributed by atoms with Gasteiger partial charge in [-0.1, -0.05) is 19.8 Å². The van der Waals surface area contributed by atoms with E-state index in [1.54, 1.807) is 0 Å². The molecule has 0 amide bonds. The largest absolute Gasteiger partial charge is 0.469 e. The lowest BCUT2D eigenvalue weighted by Crippen LogP contribution is -2.38. The van der Waals surface area contributed by atoms with Crippen LogP contribution in [0, 0.1) is 17.3 Å². The highest BCUT2D eigenvalue weighted by Crippen LogP contribution is 2.54. The van der Waals surface area contributed by atoms with Gasteiger partial charge in [0.2, 0.25) is 0 Å². The molecule has 0 bridgehead atoms. The van der Waals surface area contributed by atoms with Gasteiger partial charge in [0.05, 0.1) is 12.5 Å². The summed E-state index contributed by atoms with van der Waals surface area (Å²) < 4.78 is 5.00. The van der Waals surface area contributed by atoms with Gasteiger partial charge >= 0.3 is 5.97 Å². The van der Waals surface area contributed by atoms with Crippen LogP contribution >= 0.6 is 0 Å². The van der Waals surface area contributed by atoms with E-state index < -0.39 is 0 Å². The average molecular weight is 196 g/mol. The molecule has 0 aromatic rings. The summed E-state index contributed by atoms with van der Waals surface area (Å²) in [5, 5.41) is 0. The van der Waals surface area contributed by atoms with E-state index >= 15 is 0 Å². The van der Waals surface area contributed by atoms with Gasteiger partial charge < -0.3 is 4.74 Å². The molecule has 0 aromatic carbocycles. The number of hydrogen-bond acceptors (Lipinski definition) is 2. The Bertz CT molecular complexity index is 236. The van der Waals surface area contributed by atoms with Crippen molar-refractivity contribution in [2.75, 3.05) is 7.11 Å². The fourth-order valence-corrected chi connectivity index (χ4v) is 3.67. The zero-order valence-electron chi connectivity index (χ0n) is 9.21. The van der Waals surface area contributed by atoms with Gasteiger partial charge in [-0.25, -0.2) is 0 Å². The van der Waals surface area contributed by atoms with Gasteiger partial charge in [0.25, 0.3) is 0 Å². The Labute approximate surface area is 86.0 Å². The minimum atomic E-state index is -0.0909. The summed E-state index contributed by atoms with van der Waals surface area (Å²) >= 11 is 0. The van der Waals surface area contributed by atoms with Crippen molar-refractivity contribution in [1.29, 1.82) is 0 Å². The second kappa shape index (κ2) is 3.56. The highest BCUT2D eigenvalue weighted by atomic mass is 16.5. The number of carbonyl (C=O) groups excluding carboxylic acids is 1. The van der Waals surface area contributed by atoms with Crippen LogP contribution in [0.1, 0.15) is 45.4 Å². The van der Waals surface area contributed by atoms with Crippen molar-refractivity contribution in [3.8, 4) is 0 Å². The van der Waals surface area contributed by atoms with Crippen LogP contribution in [0.3, 0.4) is 0 Å². The normalized spacial score (nSPS) is 41.9. The molecule has 2 nitrogen and oxygen atoms in total. The first-order valence-electron chi connectivity index (χ1n) is 5.77. The molecule has 0 spiro atoms. The fraction of sp³-hybridized carbons (Fsp3) is 0.917. The van der Waals surface area contributed by atoms with Crippen molar-refractivity contribution in [3.63, 3.8) is 0 Å². The molecule has 0 aromatic heterocycles. The highest BCUT2D eigenvalue weighted by Gasteiger charge is 2.52.